The predicted molar refractivity (Wildman–Crippen MR) is 125 cm³/mol. The molecule has 1 N–H and O–H groups in total. The summed E-state index contributed by atoms with van der Waals surface area (Å²) in [6.45, 7) is 4.90. The summed E-state index contributed by atoms with van der Waals surface area (Å²) in [7, 11) is -2.10. The maximum Gasteiger partial charge on any atom is 0.243 e. The maximum absolute atomic E-state index is 13.2. The van der Waals surface area contributed by atoms with Crippen molar-refractivity contribution < 1.29 is 22.7 Å². The third-order valence-electron chi connectivity index (χ3n) is 5.62. The zero-order valence-corrected chi connectivity index (χ0v) is 19.8. The van der Waals surface area contributed by atoms with Gasteiger partial charge in [-0.15, -0.1) is 0 Å². The smallest absolute Gasteiger partial charge is 0.243 e. The van der Waals surface area contributed by atoms with Gasteiger partial charge < -0.3 is 14.8 Å². The van der Waals surface area contributed by atoms with Crippen molar-refractivity contribution in [3.8, 4) is 17.2 Å². The number of carbonyl (C=O) groups is 1. The molecule has 0 radical (unpaired) electrons. The van der Waals surface area contributed by atoms with E-state index in [1.807, 2.05) is 26.0 Å². The van der Waals surface area contributed by atoms with E-state index in [0.717, 1.165) is 32.1 Å². The highest BCUT2D eigenvalue weighted by molar-refractivity contribution is 7.89. The van der Waals surface area contributed by atoms with Crippen LogP contribution in [0.3, 0.4) is 0 Å². The van der Waals surface area contributed by atoms with Crippen molar-refractivity contribution in [1.82, 2.24) is 4.31 Å². The first-order chi connectivity index (χ1) is 15.4. The van der Waals surface area contributed by atoms with Gasteiger partial charge in [-0.05, 0) is 49.6 Å². The zero-order valence-electron chi connectivity index (χ0n) is 19.0. The average molecular weight is 461 g/mol. The van der Waals surface area contributed by atoms with Gasteiger partial charge in [0.05, 0.1) is 17.7 Å². The van der Waals surface area contributed by atoms with Gasteiger partial charge in [-0.2, -0.15) is 4.31 Å². The maximum atomic E-state index is 13.2. The summed E-state index contributed by atoms with van der Waals surface area (Å²) in [5, 5.41) is 2.88. The number of amides is 1. The summed E-state index contributed by atoms with van der Waals surface area (Å²) < 4.78 is 39.3. The fourth-order valence-corrected chi connectivity index (χ4v) is 5.30. The summed E-state index contributed by atoms with van der Waals surface area (Å²) in [5.74, 6) is 0.975. The number of rotatable bonds is 9. The lowest BCUT2D eigenvalue weighted by atomic mass is 10.1. The number of sulfonamides is 1. The highest BCUT2D eigenvalue weighted by Gasteiger charge is 2.27. The van der Waals surface area contributed by atoms with Gasteiger partial charge in [0, 0.05) is 19.0 Å². The first-order valence-electron chi connectivity index (χ1n) is 11.1. The van der Waals surface area contributed by atoms with Crippen LogP contribution in [0.25, 0.3) is 0 Å². The van der Waals surface area contributed by atoms with Gasteiger partial charge in [0.25, 0.3) is 0 Å². The number of benzene rings is 2. The molecule has 1 unspecified atom stereocenters. The normalized spacial score (nSPS) is 15.7. The summed E-state index contributed by atoms with van der Waals surface area (Å²) in [6.07, 6.45) is 4.36. The highest BCUT2D eigenvalue weighted by atomic mass is 32.2. The Kier molecular flexibility index (Phi) is 8.15. The second-order valence-corrected chi connectivity index (χ2v) is 9.99. The van der Waals surface area contributed by atoms with Crippen LogP contribution in [0.15, 0.2) is 47.4 Å². The molecule has 1 saturated heterocycles. The number of hydrogen-bond donors (Lipinski definition) is 1. The lowest BCUT2D eigenvalue weighted by Gasteiger charge is -2.26. The van der Waals surface area contributed by atoms with Gasteiger partial charge in [-0.3, -0.25) is 4.79 Å². The number of piperidine rings is 1. The fraction of sp³-hybridized carbons (Fsp3) is 0.458. The van der Waals surface area contributed by atoms with E-state index in [2.05, 4.69) is 5.32 Å². The van der Waals surface area contributed by atoms with E-state index < -0.39 is 10.0 Å². The standard InChI is InChI=1S/C24H32N2O5S/c1-4-10-18(2)24(27)25-20-17-19(32(28,29)26-15-8-5-9-16-26)13-14-21(20)31-23-12-7-6-11-22(23)30-3/h6-7,11-14,17-18H,4-5,8-10,15-16H2,1-3H3,(H,25,27). The molecule has 0 aliphatic carbocycles. The SMILES string of the molecule is CCCC(C)C(=O)Nc1cc(S(=O)(=O)N2CCCCC2)ccc1Oc1ccccc1OC. The molecule has 0 spiro atoms. The number of nitrogens with zero attached hydrogens (tertiary/aromatic N) is 1. The van der Waals surface area contributed by atoms with Crippen molar-refractivity contribution in [1.29, 1.82) is 0 Å². The number of methoxy groups -OCH3 is 1. The quantitative estimate of drug-likeness (QED) is 0.567. The number of hydrogen-bond acceptors (Lipinski definition) is 5. The molecule has 1 aliphatic heterocycles. The lowest BCUT2D eigenvalue weighted by Crippen LogP contribution is -2.35. The van der Waals surface area contributed by atoms with Crippen LogP contribution >= 0.6 is 0 Å². The van der Waals surface area contributed by atoms with E-state index in [0.29, 0.717) is 36.0 Å². The molecule has 2 aromatic carbocycles. The molecule has 1 heterocycles. The Labute approximate surface area is 190 Å². The van der Waals surface area contributed by atoms with Crippen LogP contribution in [0.5, 0.6) is 17.2 Å². The minimum atomic E-state index is -3.65. The Morgan fingerprint density at radius 1 is 1.06 bits per heavy atom. The van der Waals surface area contributed by atoms with Crippen LogP contribution in [0.2, 0.25) is 0 Å². The Morgan fingerprint density at radius 3 is 2.41 bits per heavy atom. The number of anilines is 1. The van der Waals surface area contributed by atoms with E-state index in [1.54, 1.807) is 25.3 Å². The highest BCUT2D eigenvalue weighted by Crippen LogP contribution is 2.37. The molecule has 0 saturated carbocycles. The van der Waals surface area contributed by atoms with Gasteiger partial charge in [-0.25, -0.2) is 8.42 Å². The Morgan fingerprint density at radius 2 is 1.75 bits per heavy atom. The second kappa shape index (κ2) is 10.8. The van der Waals surface area contributed by atoms with Crippen molar-refractivity contribution in [3.63, 3.8) is 0 Å². The Hall–Kier alpha value is -2.58. The van der Waals surface area contributed by atoms with Crippen LogP contribution in [-0.2, 0) is 14.8 Å². The first-order valence-corrected chi connectivity index (χ1v) is 12.6. The third kappa shape index (κ3) is 5.61. The first kappa shape index (κ1) is 24.1. The molecule has 7 nitrogen and oxygen atoms in total. The molecule has 174 valence electrons. The molecule has 32 heavy (non-hydrogen) atoms. The minimum Gasteiger partial charge on any atom is -0.493 e. The number of carbonyl (C=O) groups excluding carboxylic acids is 1. The van der Waals surface area contributed by atoms with Gasteiger partial charge in [0.15, 0.2) is 17.2 Å². The van der Waals surface area contributed by atoms with E-state index >= 15 is 0 Å². The van der Waals surface area contributed by atoms with Crippen molar-refractivity contribution in [3.05, 3.63) is 42.5 Å². The molecule has 1 amide bonds. The van der Waals surface area contributed by atoms with Gasteiger partial charge >= 0.3 is 0 Å². The number of ether oxygens (including phenoxy) is 2. The summed E-state index contributed by atoms with van der Waals surface area (Å²) in [5.41, 5.74) is 0.321. The lowest BCUT2D eigenvalue weighted by molar-refractivity contribution is -0.119. The fourth-order valence-electron chi connectivity index (χ4n) is 3.75. The molecule has 0 bridgehead atoms. The Balaban J connectivity index is 1.97. The van der Waals surface area contributed by atoms with Gasteiger partial charge in [0.1, 0.15) is 0 Å². The van der Waals surface area contributed by atoms with E-state index in [-0.39, 0.29) is 16.7 Å². The number of nitrogens with one attached hydrogen (secondary N) is 1. The summed E-state index contributed by atoms with van der Waals surface area (Å²) in [6, 6.07) is 11.8. The van der Waals surface area contributed by atoms with E-state index in [9.17, 15) is 13.2 Å². The second-order valence-electron chi connectivity index (χ2n) is 8.05. The molecular weight excluding hydrogens is 428 g/mol. The Bertz CT molecular complexity index is 1030. The van der Waals surface area contributed by atoms with Crippen LogP contribution in [0.1, 0.15) is 46.0 Å². The van der Waals surface area contributed by atoms with Crippen molar-refractivity contribution in [2.75, 3.05) is 25.5 Å². The molecule has 8 heteroatoms. The van der Waals surface area contributed by atoms with E-state index in [1.165, 1.54) is 16.4 Å². The molecular formula is C24H32N2O5S. The molecule has 2 aromatic rings. The molecule has 1 fully saturated rings. The predicted octanol–water partition coefficient (Wildman–Crippen LogP) is 5.04. The van der Waals surface area contributed by atoms with Crippen molar-refractivity contribution in [2.45, 2.75) is 50.8 Å². The zero-order chi connectivity index (χ0) is 23.1. The summed E-state index contributed by atoms with van der Waals surface area (Å²) in [4.78, 5) is 12.9. The third-order valence-corrected chi connectivity index (χ3v) is 7.51. The molecule has 3 rings (SSSR count). The summed E-state index contributed by atoms with van der Waals surface area (Å²) >= 11 is 0. The van der Waals surface area contributed by atoms with Crippen LogP contribution < -0.4 is 14.8 Å². The topological polar surface area (TPSA) is 84.9 Å². The molecule has 1 atom stereocenters. The van der Waals surface area contributed by atoms with Crippen LogP contribution in [0, 0.1) is 5.92 Å². The number of para-hydroxylation sites is 2. The largest absolute Gasteiger partial charge is 0.493 e. The molecule has 1 aliphatic rings. The van der Waals surface area contributed by atoms with Gasteiger partial charge in [0.2, 0.25) is 15.9 Å². The molecule has 0 aromatic heterocycles. The van der Waals surface area contributed by atoms with Crippen LogP contribution in [0.4, 0.5) is 5.69 Å². The van der Waals surface area contributed by atoms with Crippen LogP contribution in [-0.4, -0.2) is 38.8 Å². The van der Waals surface area contributed by atoms with Gasteiger partial charge in [-0.1, -0.05) is 38.8 Å². The average Bonchev–Trinajstić information content (AvgIpc) is 2.81. The minimum absolute atomic E-state index is 0.144. The monoisotopic (exact) mass is 460 g/mol. The van der Waals surface area contributed by atoms with Crippen molar-refractivity contribution in [2.24, 2.45) is 5.92 Å². The van der Waals surface area contributed by atoms with Crippen molar-refractivity contribution >= 4 is 21.6 Å². The van der Waals surface area contributed by atoms with E-state index in [4.69, 9.17) is 9.47 Å².